The van der Waals surface area contributed by atoms with Gasteiger partial charge in [0.25, 0.3) is 0 Å². The van der Waals surface area contributed by atoms with E-state index >= 15 is 0 Å². The van der Waals surface area contributed by atoms with E-state index in [-0.39, 0.29) is 21.3 Å². The van der Waals surface area contributed by atoms with E-state index in [1.165, 1.54) is 38.1 Å². The summed E-state index contributed by atoms with van der Waals surface area (Å²) in [6, 6.07) is 5.91. The number of nitrogens with two attached hydrogens (primary N) is 1. The maximum Gasteiger partial charge on any atom is 0.348 e. The number of carbonyl (C=O) groups excluding carboxylic acids is 2. The fraction of sp³-hybridized carbons (Fsp3) is 0.200. The summed E-state index contributed by atoms with van der Waals surface area (Å²) >= 11 is 2.33. The number of halogens is 1. The fourth-order valence-electron chi connectivity index (χ4n) is 1.89. The molecule has 2 aromatic rings. The number of ether oxygens (including phenoxy) is 2. The summed E-state index contributed by atoms with van der Waals surface area (Å²) in [5.74, 6) is -1.21. The molecule has 8 heteroatoms. The molecule has 0 saturated carbocycles. The van der Waals surface area contributed by atoms with Crippen molar-refractivity contribution in [2.24, 2.45) is 0 Å². The van der Waals surface area contributed by atoms with E-state index in [0.29, 0.717) is 11.3 Å². The Labute approximate surface area is 140 Å². The molecule has 23 heavy (non-hydrogen) atoms. The topological polar surface area (TPSA) is 78.6 Å². The summed E-state index contributed by atoms with van der Waals surface area (Å²) < 4.78 is 22.4. The highest BCUT2D eigenvalue weighted by Gasteiger charge is 2.27. The predicted octanol–water partition coefficient (Wildman–Crippen LogP) is 3.33. The number of rotatable bonds is 5. The van der Waals surface area contributed by atoms with Gasteiger partial charge in [0.1, 0.15) is 15.7 Å². The molecule has 1 aromatic carbocycles. The zero-order valence-corrected chi connectivity index (χ0v) is 14.1. The van der Waals surface area contributed by atoms with Crippen LogP contribution in [0.5, 0.6) is 0 Å². The summed E-state index contributed by atoms with van der Waals surface area (Å²) in [5.41, 5.74) is 6.48. The van der Waals surface area contributed by atoms with Gasteiger partial charge in [0, 0.05) is 16.2 Å². The zero-order chi connectivity index (χ0) is 17.0. The Morgan fingerprint density at radius 2 is 1.78 bits per heavy atom. The van der Waals surface area contributed by atoms with Crippen LogP contribution in [0.4, 0.5) is 9.39 Å². The normalized spacial score (nSPS) is 10.4. The number of thioether (sulfide) groups is 1. The first-order valence-corrected chi connectivity index (χ1v) is 8.24. The van der Waals surface area contributed by atoms with Gasteiger partial charge in [-0.25, -0.2) is 14.0 Å². The lowest BCUT2D eigenvalue weighted by Crippen LogP contribution is -2.08. The SMILES string of the molecule is COC(=O)c1sc(N)c(C(=O)OC)c1CSc1ccc(F)cc1. The second-order valence-electron chi connectivity index (χ2n) is 4.37. The van der Waals surface area contributed by atoms with Crippen molar-refractivity contribution in [3.63, 3.8) is 0 Å². The molecule has 0 atom stereocenters. The van der Waals surface area contributed by atoms with Crippen molar-refractivity contribution in [1.29, 1.82) is 0 Å². The fourth-order valence-corrected chi connectivity index (χ4v) is 3.90. The van der Waals surface area contributed by atoms with Crippen LogP contribution in [0.1, 0.15) is 25.6 Å². The summed E-state index contributed by atoms with van der Waals surface area (Å²) in [5, 5.41) is 0.201. The Kier molecular flexibility index (Phi) is 5.62. The first-order valence-electron chi connectivity index (χ1n) is 6.44. The number of nitrogen functional groups attached to an aromatic ring is 1. The Morgan fingerprint density at radius 1 is 1.17 bits per heavy atom. The zero-order valence-electron chi connectivity index (χ0n) is 12.4. The van der Waals surface area contributed by atoms with Crippen molar-refractivity contribution < 1.29 is 23.5 Å². The maximum atomic E-state index is 12.9. The predicted molar refractivity (Wildman–Crippen MR) is 87.4 cm³/mol. The molecule has 0 saturated heterocycles. The molecular formula is C15H14FNO4S2. The van der Waals surface area contributed by atoms with Gasteiger partial charge in [-0.3, -0.25) is 0 Å². The molecule has 2 N–H and O–H groups in total. The van der Waals surface area contributed by atoms with E-state index in [1.54, 1.807) is 12.1 Å². The minimum Gasteiger partial charge on any atom is -0.465 e. The molecule has 0 aliphatic rings. The lowest BCUT2D eigenvalue weighted by Gasteiger charge is -2.06. The number of thiophene rings is 1. The van der Waals surface area contributed by atoms with Crippen LogP contribution in [0.15, 0.2) is 29.2 Å². The molecule has 0 fully saturated rings. The highest BCUT2D eigenvalue weighted by Crippen LogP contribution is 2.36. The Hall–Kier alpha value is -2.06. The largest absolute Gasteiger partial charge is 0.465 e. The second-order valence-corrected chi connectivity index (χ2v) is 6.48. The van der Waals surface area contributed by atoms with Gasteiger partial charge in [-0.05, 0) is 24.3 Å². The van der Waals surface area contributed by atoms with E-state index in [4.69, 9.17) is 15.2 Å². The molecular weight excluding hydrogens is 341 g/mol. The average Bonchev–Trinajstić information content (AvgIpc) is 2.89. The van der Waals surface area contributed by atoms with Crippen LogP contribution in [0.2, 0.25) is 0 Å². The Balaban J connectivity index is 2.35. The lowest BCUT2D eigenvalue weighted by molar-refractivity contribution is 0.0601. The minimum absolute atomic E-state index is 0.174. The molecule has 0 aliphatic heterocycles. The molecule has 0 unspecified atom stereocenters. The van der Waals surface area contributed by atoms with Crippen LogP contribution in [0, 0.1) is 5.82 Å². The molecule has 0 amide bonds. The smallest absolute Gasteiger partial charge is 0.348 e. The van der Waals surface area contributed by atoms with E-state index in [9.17, 15) is 14.0 Å². The molecule has 2 rings (SSSR count). The van der Waals surface area contributed by atoms with Gasteiger partial charge in [0.05, 0.1) is 19.8 Å². The van der Waals surface area contributed by atoms with Crippen LogP contribution < -0.4 is 5.73 Å². The van der Waals surface area contributed by atoms with E-state index in [2.05, 4.69) is 0 Å². The number of methoxy groups -OCH3 is 2. The number of hydrogen-bond donors (Lipinski definition) is 1. The first-order chi connectivity index (χ1) is 11.0. The van der Waals surface area contributed by atoms with E-state index in [0.717, 1.165) is 16.2 Å². The third-order valence-corrected chi connectivity index (χ3v) is 5.07. The highest BCUT2D eigenvalue weighted by atomic mass is 32.2. The van der Waals surface area contributed by atoms with Gasteiger partial charge < -0.3 is 15.2 Å². The molecule has 122 valence electrons. The van der Waals surface area contributed by atoms with Crippen LogP contribution in [-0.4, -0.2) is 26.2 Å². The molecule has 0 radical (unpaired) electrons. The van der Waals surface area contributed by atoms with Gasteiger partial charge >= 0.3 is 11.9 Å². The molecule has 0 spiro atoms. The third-order valence-electron chi connectivity index (χ3n) is 2.99. The van der Waals surface area contributed by atoms with Crippen LogP contribution in [-0.2, 0) is 15.2 Å². The number of benzene rings is 1. The number of anilines is 1. The van der Waals surface area contributed by atoms with E-state index in [1.807, 2.05) is 0 Å². The highest BCUT2D eigenvalue weighted by molar-refractivity contribution is 7.98. The number of carbonyl (C=O) groups is 2. The average molecular weight is 355 g/mol. The number of esters is 2. The monoisotopic (exact) mass is 355 g/mol. The summed E-state index contributed by atoms with van der Waals surface area (Å²) in [6.45, 7) is 0. The molecule has 1 heterocycles. The van der Waals surface area contributed by atoms with E-state index < -0.39 is 11.9 Å². The van der Waals surface area contributed by atoms with Crippen molar-refractivity contribution in [1.82, 2.24) is 0 Å². The number of hydrogen-bond acceptors (Lipinski definition) is 7. The Morgan fingerprint density at radius 3 is 2.35 bits per heavy atom. The Bertz CT molecular complexity index is 728. The minimum atomic E-state index is -0.608. The van der Waals surface area contributed by atoms with Gasteiger partial charge in [-0.2, -0.15) is 0 Å². The van der Waals surface area contributed by atoms with Crippen molar-refractivity contribution >= 4 is 40.0 Å². The molecule has 1 aromatic heterocycles. The van der Waals surface area contributed by atoms with Crippen molar-refractivity contribution in [3.05, 3.63) is 46.1 Å². The van der Waals surface area contributed by atoms with Crippen LogP contribution in [0.25, 0.3) is 0 Å². The quantitative estimate of drug-likeness (QED) is 0.655. The summed E-state index contributed by atoms with van der Waals surface area (Å²) in [7, 11) is 2.50. The van der Waals surface area contributed by atoms with Crippen LogP contribution >= 0.6 is 23.1 Å². The van der Waals surface area contributed by atoms with Crippen LogP contribution in [0.3, 0.4) is 0 Å². The third kappa shape index (κ3) is 3.83. The standard InChI is InChI=1S/C15H14FNO4S2/c1-20-14(18)11-10(12(15(19)21-2)23-13(11)17)7-22-9-5-3-8(16)4-6-9/h3-6H,7,17H2,1-2H3. The first kappa shape index (κ1) is 17.3. The summed E-state index contributed by atoms with van der Waals surface area (Å²) in [6.07, 6.45) is 0. The molecule has 0 aliphatic carbocycles. The second kappa shape index (κ2) is 7.47. The maximum absolute atomic E-state index is 12.9. The molecule has 0 bridgehead atoms. The summed E-state index contributed by atoms with van der Waals surface area (Å²) in [4.78, 5) is 24.9. The van der Waals surface area contributed by atoms with Crippen molar-refractivity contribution in [2.45, 2.75) is 10.6 Å². The van der Waals surface area contributed by atoms with Gasteiger partial charge in [-0.15, -0.1) is 23.1 Å². The van der Waals surface area contributed by atoms with Crippen molar-refractivity contribution in [3.8, 4) is 0 Å². The van der Waals surface area contributed by atoms with Gasteiger partial charge in [0.15, 0.2) is 0 Å². The van der Waals surface area contributed by atoms with Gasteiger partial charge in [-0.1, -0.05) is 0 Å². The van der Waals surface area contributed by atoms with Gasteiger partial charge in [0.2, 0.25) is 0 Å². The van der Waals surface area contributed by atoms with Crippen molar-refractivity contribution in [2.75, 3.05) is 20.0 Å². The molecule has 5 nitrogen and oxygen atoms in total. The lowest BCUT2D eigenvalue weighted by atomic mass is 10.1.